The van der Waals surface area contributed by atoms with Crippen LogP contribution in [0.3, 0.4) is 0 Å². The summed E-state index contributed by atoms with van der Waals surface area (Å²) in [6.45, 7) is 7.99. The summed E-state index contributed by atoms with van der Waals surface area (Å²) < 4.78 is 41.9. The maximum absolute atomic E-state index is 13.4. The zero-order valence-electron chi connectivity index (χ0n) is 20.0. The highest BCUT2D eigenvalue weighted by Gasteiger charge is 2.37. The highest BCUT2D eigenvalue weighted by atomic mass is 31.2. The van der Waals surface area contributed by atoms with Crippen LogP contribution in [-0.4, -0.2) is 49.6 Å². The number of rotatable bonds is 14. The van der Waals surface area contributed by atoms with Gasteiger partial charge in [0, 0.05) is 13.3 Å². The topological polar surface area (TPSA) is 78.7 Å². The zero-order chi connectivity index (χ0) is 24.4. The Morgan fingerprint density at radius 3 is 2.35 bits per heavy atom. The van der Waals surface area contributed by atoms with Crippen LogP contribution >= 0.6 is 8.60 Å². The normalized spacial score (nSPS) is 17.6. The maximum Gasteiger partial charge on any atom is 0.332 e. The van der Waals surface area contributed by atoms with E-state index in [1.807, 2.05) is 45.0 Å². The first-order valence-corrected chi connectivity index (χ1v) is 12.6. The summed E-state index contributed by atoms with van der Waals surface area (Å²) in [7, 11) is -1.39. The van der Waals surface area contributed by atoms with Crippen LogP contribution in [0.4, 0.5) is 4.39 Å². The molecule has 0 radical (unpaired) electrons. The molecule has 1 unspecified atom stereocenters. The van der Waals surface area contributed by atoms with Gasteiger partial charge in [0.25, 0.3) is 0 Å². The molecule has 0 aromatic heterocycles. The number of ether oxygens (including phenoxy) is 2. The van der Waals surface area contributed by atoms with Crippen LogP contribution < -0.4 is 4.74 Å². The van der Waals surface area contributed by atoms with Gasteiger partial charge >= 0.3 is 8.60 Å². The van der Waals surface area contributed by atoms with Crippen LogP contribution in [0, 0.1) is 5.82 Å². The van der Waals surface area contributed by atoms with Crippen molar-refractivity contribution in [2.45, 2.75) is 45.6 Å². The monoisotopic (exact) mass is 493 g/mol. The Kier molecular flexibility index (Phi) is 10.1. The van der Waals surface area contributed by atoms with Crippen molar-refractivity contribution in [2.24, 2.45) is 4.99 Å². The molecule has 1 N–H and O–H groups in total. The molecular formula is C25H33FNO6P. The summed E-state index contributed by atoms with van der Waals surface area (Å²) in [6.07, 6.45) is 2.11. The first-order chi connectivity index (χ1) is 16.4. The molecular weight excluding hydrogens is 460 g/mol. The van der Waals surface area contributed by atoms with Crippen molar-refractivity contribution in [3.05, 3.63) is 59.4 Å². The van der Waals surface area contributed by atoms with E-state index in [1.54, 1.807) is 6.07 Å². The van der Waals surface area contributed by atoms with Gasteiger partial charge in [-0.15, -0.1) is 0 Å². The number of phenols is 1. The molecule has 186 valence electrons. The van der Waals surface area contributed by atoms with Crippen molar-refractivity contribution < 1.29 is 32.5 Å². The molecule has 2 aromatic rings. The molecule has 2 aromatic carbocycles. The summed E-state index contributed by atoms with van der Waals surface area (Å²) >= 11 is 0. The van der Waals surface area contributed by atoms with Crippen molar-refractivity contribution in [3.8, 4) is 11.5 Å². The molecule has 0 amide bonds. The van der Waals surface area contributed by atoms with Crippen LogP contribution in [0.2, 0.25) is 0 Å². The summed E-state index contributed by atoms with van der Waals surface area (Å²) in [5.41, 5.74) is 1.46. The minimum atomic E-state index is -1.39. The minimum absolute atomic E-state index is 0.344. The Balaban J connectivity index is 1.50. The minimum Gasteiger partial charge on any atom is -0.505 e. The van der Waals surface area contributed by atoms with Crippen LogP contribution in [0.25, 0.3) is 0 Å². The van der Waals surface area contributed by atoms with Gasteiger partial charge in [-0.2, -0.15) is 0 Å². The van der Waals surface area contributed by atoms with E-state index in [4.69, 9.17) is 28.0 Å². The quantitative estimate of drug-likeness (QED) is 0.346. The van der Waals surface area contributed by atoms with E-state index in [-0.39, 0.29) is 5.75 Å². The van der Waals surface area contributed by atoms with E-state index in [0.717, 1.165) is 29.7 Å². The molecule has 0 aliphatic carbocycles. The average molecular weight is 494 g/mol. The van der Waals surface area contributed by atoms with Crippen LogP contribution in [-0.2, 0) is 31.1 Å². The summed E-state index contributed by atoms with van der Waals surface area (Å²) in [5.74, 6) is 0.448. The second-order valence-corrected chi connectivity index (χ2v) is 9.23. The number of aliphatic imine (C=N–C) groups is 1. The van der Waals surface area contributed by atoms with Crippen molar-refractivity contribution in [1.29, 1.82) is 0 Å². The molecule has 34 heavy (non-hydrogen) atoms. The number of hydrogen-bond donors (Lipinski definition) is 1. The predicted octanol–water partition coefficient (Wildman–Crippen LogP) is 5.59. The maximum atomic E-state index is 13.4. The molecule has 3 rings (SSSR count). The second kappa shape index (κ2) is 13.0. The Morgan fingerprint density at radius 1 is 1.03 bits per heavy atom. The SMILES string of the molecule is CCOP(OCC)OCC1(CCc2ccc(OCCc3ccc(O)c(F)c3)cc2)COC(C)=N1. The fraction of sp³-hybridized carbons (Fsp3) is 0.480. The Bertz CT molecular complexity index is 936. The first kappa shape index (κ1) is 26.4. The van der Waals surface area contributed by atoms with Gasteiger partial charge < -0.3 is 28.2 Å². The third-order valence-electron chi connectivity index (χ3n) is 5.33. The molecule has 7 nitrogen and oxygen atoms in total. The molecule has 1 aliphatic rings. The molecule has 9 heteroatoms. The largest absolute Gasteiger partial charge is 0.505 e. The summed E-state index contributed by atoms with van der Waals surface area (Å²) in [5, 5.41) is 9.28. The lowest BCUT2D eigenvalue weighted by Gasteiger charge is -2.26. The number of halogens is 1. The smallest absolute Gasteiger partial charge is 0.332 e. The highest BCUT2D eigenvalue weighted by Crippen LogP contribution is 2.41. The molecule has 0 spiro atoms. The lowest BCUT2D eigenvalue weighted by atomic mass is 9.94. The molecule has 1 atom stereocenters. The second-order valence-electron chi connectivity index (χ2n) is 8.00. The van der Waals surface area contributed by atoms with Gasteiger partial charge in [0.1, 0.15) is 17.9 Å². The van der Waals surface area contributed by atoms with Gasteiger partial charge in [0.2, 0.25) is 0 Å². The first-order valence-electron chi connectivity index (χ1n) is 11.5. The fourth-order valence-corrected chi connectivity index (χ4v) is 4.52. The number of phenolic OH excluding ortho intramolecular Hbond substituents is 1. The lowest BCUT2D eigenvalue weighted by molar-refractivity contribution is 0.121. The number of aryl methyl sites for hydroxylation is 1. The molecule has 0 fully saturated rings. The zero-order valence-corrected chi connectivity index (χ0v) is 20.9. The van der Waals surface area contributed by atoms with E-state index >= 15 is 0 Å². The highest BCUT2D eigenvalue weighted by molar-refractivity contribution is 7.41. The van der Waals surface area contributed by atoms with E-state index in [1.165, 1.54) is 12.1 Å². The van der Waals surface area contributed by atoms with Crippen LogP contribution in [0.5, 0.6) is 11.5 Å². The summed E-state index contributed by atoms with van der Waals surface area (Å²) in [6, 6.07) is 12.3. The van der Waals surface area contributed by atoms with E-state index in [9.17, 15) is 9.50 Å². The molecule has 0 bridgehead atoms. The van der Waals surface area contributed by atoms with E-state index < -0.39 is 20.0 Å². The van der Waals surface area contributed by atoms with Crippen LogP contribution in [0.1, 0.15) is 38.3 Å². The van der Waals surface area contributed by atoms with Gasteiger partial charge in [0.15, 0.2) is 17.5 Å². The van der Waals surface area contributed by atoms with Crippen molar-refractivity contribution in [2.75, 3.05) is 33.0 Å². The van der Waals surface area contributed by atoms with Gasteiger partial charge in [-0.05, 0) is 62.1 Å². The number of hydrogen-bond acceptors (Lipinski definition) is 7. The molecule has 0 saturated heterocycles. The average Bonchev–Trinajstić information content (AvgIpc) is 3.20. The number of benzene rings is 2. The lowest BCUT2D eigenvalue weighted by Crippen LogP contribution is -2.34. The van der Waals surface area contributed by atoms with Gasteiger partial charge in [-0.3, -0.25) is 0 Å². The molecule has 0 saturated carbocycles. The third-order valence-corrected chi connectivity index (χ3v) is 6.60. The third kappa shape index (κ3) is 7.91. The Hall–Kier alpha value is -2.25. The van der Waals surface area contributed by atoms with Crippen molar-refractivity contribution >= 4 is 14.5 Å². The fourth-order valence-electron chi connectivity index (χ4n) is 3.53. The molecule has 1 aliphatic heterocycles. The van der Waals surface area contributed by atoms with Gasteiger partial charge in [-0.25, -0.2) is 9.38 Å². The van der Waals surface area contributed by atoms with Crippen molar-refractivity contribution in [3.63, 3.8) is 0 Å². The number of nitrogens with zero attached hydrogens (tertiary/aromatic N) is 1. The van der Waals surface area contributed by atoms with Crippen molar-refractivity contribution in [1.82, 2.24) is 0 Å². The van der Waals surface area contributed by atoms with E-state index in [0.29, 0.717) is 45.4 Å². The predicted molar refractivity (Wildman–Crippen MR) is 130 cm³/mol. The van der Waals surface area contributed by atoms with E-state index in [2.05, 4.69) is 0 Å². The number of aromatic hydroxyl groups is 1. The Morgan fingerprint density at radius 2 is 1.74 bits per heavy atom. The van der Waals surface area contributed by atoms with Crippen LogP contribution in [0.15, 0.2) is 47.5 Å². The standard InChI is InChI=1S/C25H33FNO6P/c1-4-31-34(32-5-2)33-18-25(17-30-19(3)27-25)14-12-20-6-9-22(10-7-20)29-15-13-21-8-11-24(28)23(26)16-21/h6-11,16,28H,4-5,12-15,17-18H2,1-3H3. The summed E-state index contributed by atoms with van der Waals surface area (Å²) in [4.78, 5) is 4.73. The van der Waals surface area contributed by atoms with Gasteiger partial charge in [0.05, 0.1) is 26.4 Å². The molecule has 1 heterocycles. The van der Waals surface area contributed by atoms with Gasteiger partial charge in [-0.1, -0.05) is 18.2 Å². The Labute approximate surface area is 201 Å².